The molecule has 0 spiro atoms. The third-order valence-corrected chi connectivity index (χ3v) is 8.51. The van der Waals surface area contributed by atoms with Crippen molar-refractivity contribution in [1.29, 1.82) is 0 Å². The van der Waals surface area contributed by atoms with Crippen molar-refractivity contribution in [2.75, 3.05) is 24.5 Å². The van der Waals surface area contributed by atoms with E-state index >= 15 is 0 Å². The Hall–Kier alpha value is -4.43. The van der Waals surface area contributed by atoms with Gasteiger partial charge < -0.3 is 9.80 Å². The van der Waals surface area contributed by atoms with Crippen molar-refractivity contribution in [2.24, 2.45) is 0 Å². The average molecular weight is 581 g/mol. The van der Waals surface area contributed by atoms with Gasteiger partial charge in [0, 0.05) is 47.0 Å². The Kier molecular flexibility index (Phi) is 7.33. The third kappa shape index (κ3) is 4.65. The summed E-state index contributed by atoms with van der Waals surface area (Å²) in [6, 6.07) is 15.9. The van der Waals surface area contributed by atoms with Gasteiger partial charge in [0.25, 0.3) is 0 Å². The fraction of sp³-hybridized carbons (Fsp3) is 0.273. The first-order valence-corrected chi connectivity index (χ1v) is 14.7. The quantitative estimate of drug-likeness (QED) is 0.246. The van der Waals surface area contributed by atoms with Crippen LogP contribution in [0.3, 0.4) is 0 Å². The van der Waals surface area contributed by atoms with Crippen LogP contribution in [-0.2, 0) is 11.2 Å². The van der Waals surface area contributed by atoms with Gasteiger partial charge in [-0.1, -0.05) is 55.8 Å². The maximum atomic E-state index is 14.0. The monoisotopic (exact) mass is 580 g/mol. The van der Waals surface area contributed by atoms with Crippen molar-refractivity contribution in [3.05, 3.63) is 94.0 Å². The number of fused-ring (bicyclic) bond motifs is 2. The van der Waals surface area contributed by atoms with Crippen molar-refractivity contribution in [2.45, 2.75) is 39.7 Å². The molecule has 0 saturated carbocycles. The second-order valence-corrected chi connectivity index (χ2v) is 11.3. The smallest absolute Gasteiger partial charge is 0.350 e. The van der Waals surface area contributed by atoms with E-state index in [1.165, 1.54) is 6.08 Å². The maximum Gasteiger partial charge on any atom is 0.354 e. The minimum absolute atomic E-state index is 0.0682. The topological polar surface area (TPSA) is 87.1 Å². The summed E-state index contributed by atoms with van der Waals surface area (Å²) in [6.07, 6.45) is 4.93. The number of aromatic amines is 1. The Bertz CT molecular complexity index is 1910. The number of halogens is 1. The van der Waals surface area contributed by atoms with Crippen LogP contribution in [0.25, 0.3) is 38.6 Å². The van der Waals surface area contributed by atoms with Gasteiger partial charge in [-0.25, -0.2) is 4.79 Å². The average Bonchev–Trinajstić information content (AvgIpc) is 3.46. The number of H-pyrrole nitrogens is 1. The molecule has 6 rings (SSSR count). The maximum absolute atomic E-state index is 14.0. The molecular weight excluding hydrogens is 548 g/mol. The lowest BCUT2D eigenvalue weighted by atomic mass is 9.95. The van der Waals surface area contributed by atoms with Crippen molar-refractivity contribution in [1.82, 2.24) is 24.6 Å². The number of amides is 1. The number of carbonyl (C=O) groups is 1. The lowest BCUT2D eigenvalue weighted by Crippen LogP contribution is -2.54. The third-order valence-electron chi connectivity index (χ3n) is 8.20. The van der Waals surface area contributed by atoms with E-state index in [9.17, 15) is 9.59 Å². The normalized spacial score (nSPS) is 15.5. The molecule has 2 aromatic heterocycles. The molecular formula is C33H33ClN6O2. The molecule has 1 amide bonds. The number of piperazine rings is 1. The summed E-state index contributed by atoms with van der Waals surface area (Å²) in [4.78, 5) is 34.9. The highest BCUT2D eigenvalue weighted by Crippen LogP contribution is 2.40. The van der Waals surface area contributed by atoms with Crippen molar-refractivity contribution in [3.63, 3.8) is 0 Å². The number of hydrogen-bond acceptors (Lipinski definition) is 5. The molecule has 42 heavy (non-hydrogen) atoms. The zero-order chi connectivity index (χ0) is 29.5. The fourth-order valence-corrected chi connectivity index (χ4v) is 6.43. The highest BCUT2D eigenvalue weighted by molar-refractivity contribution is 6.35. The van der Waals surface area contributed by atoms with Gasteiger partial charge in [-0.15, -0.1) is 0 Å². The van der Waals surface area contributed by atoms with E-state index in [0.29, 0.717) is 30.5 Å². The lowest BCUT2D eigenvalue weighted by molar-refractivity contribution is -0.126. The van der Waals surface area contributed by atoms with Gasteiger partial charge in [-0.2, -0.15) is 10.1 Å². The number of para-hydroxylation sites is 1. The Morgan fingerprint density at radius 2 is 1.98 bits per heavy atom. The minimum Gasteiger partial charge on any atom is -0.350 e. The van der Waals surface area contributed by atoms with Crippen LogP contribution in [0.15, 0.2) is 72.2 Å². The molecule has 3 aromatic carbocycles. The predicted octanol–water partition coefficient (Wildman–Crippen LogP) is 6.07. The van der Waals surface area contributed by atoms with Crippen LogP contribution in [0.4, 0.5) is 5.82 Å². The lowest BCUT2D eigenvalue weighted by Gasteiger charge is -2.40. The molecule has 3 heterocycles. The summed E-state index contributed by atoms with van der Waals surface area (Å²) >= 11 is 7.10. The molecule has 1 N–H and O–H groups in total. The molecule has 0 aliphatic carbocycles. The van der Waals surface area contributed by atoms with Crippen LogP contribution >= 0.6 is 11.6 Å². The highest BCUT2D eigenvalue weighted by Gasteiger charge is 2.29. The Morgan fingerprint density at radius 1 is 1.17 bits per heavy atom. The van der Waals surface area contributed by atoms with E-state index in [1.54, 1.807) is 9.47 Å². The van der Waals surface area contributed by atoms with Crippen LogP contribution in [0.2, 0.25) is 5.02 Å². The van der Waals surface area contributed by atoms with Crippen LogP contribution < -0.4 is 10.6 Å². The Balaban J connectivity index is 1.63. The van der Waals surface area contributed by atoms with Gasteiger partial charge in [-0.05, 0) is 67.3 Å². The van der Waals surface area contributed by atoms with Gasteiger partial charge >= 0.3 is 5.69 Å². The van der Waals surface area contributed by atoms with Crippen molar-refractivity contribution < 1.29 is 4.79 Å². The number of aryl methyl sites for hydroxylation is 2. The number of hydrogen-bond donors (Lipinski definition) is 1. The van der Waals surface area contributed by atoms with Crippen LogP contribution in [0, 0.1) is 6.92 Å². The number of carbonyl (C=O) groups excluding carboxylic acids is 1. The van der Waals surface area contributed by atoms with E-state index in [-0.39, 0.29) is 17.6 Å². The molecule has 8 nitrogen and oxygen atoms in total. The molecule has 0 bridgehead atoms. The van der Waals surface area contributed by atoms with Gasteiger partial charge in [0.05, 0.1) is 22.9 Å². The molecule has 9 heteroatoms. The zero-order valence-corrected chi connectivity index (χ0v) is 24.8. The van der Waals surface area contributed by atoms with Crippen molar-refractivity contribution in [3.8, 4) is 16.8 Å². The number of nitrogens with one attached hydrogen (secondary N) is 1. The van der Waals surface area contributed by atoms with Gasteiger partial charge in [0.2, 0.25) is 5.91 Å². The van der Waals surface area contributed by atoms with Crippen LogP contribution in [-0.4, -0.2) is 56.2 Å². The second-order valence-electron chi connectivity index (χ2n) is 10.9. The molecule has 214 valence electrons. The van der Waals surface area contributed by atoms with Gasteiger partial charge in [0.1, 0.15) is 5.82 Å². The molecule has 1 saturated heterocycles. The van der Waals surface area contributed by atoms with E-state index < -0.39 is 0 Å². The zero-order valence-electron chi connectivity index (χ0n) is 24.0. The molecule has 1 fully saturated rings. The summed E-state index contributed by atoms with van der Waals surface area (Å²) in [6.45, 7) is 11.4. The van der Waals surface area contributed by atoms with E-state index in [4.69, 9.17) is 11.6 Å². The molecule has 1 atom stereocenters. The minimum atomic E-state index is -0.357. The summed E-state index contributed by atoms with van der Waals surface area (Å²) in [5.74, 6) is 0.475. The first kappa shape index (κ1) is 27.7. The highest BCUT2D eigenvalue weighted by atomic mass is 35.5. The number of aromatic nitrogens is 4. The Labute approximate surface area is 249 Å². The first-order valence-electron chi connectivity index (χ1n) is 14.3. The second kappa shape index (κ2) is 11.1. The van der Waals surface area contributed by atoms with E-state index in [0.717, 1.165) is 62.6 Å². The summed E-state index contributed by atoms with van der Waals surface area (Å²) in [5, 5.41) is 9.62. The number of nitrogens with zero attached hydrogens (tertiary/aromatic N) is 5. The fourth-order valence-electron chi connectivity index (χ4n) is 6.17. The first-order chi connectivity index (χ1) is 20.3. The van der Waals surface area contributed by atoms with Gasteiger partial charge in [-0.3, -0.25) is 14.5 Å². The van der Waals surface area contributed by atoms with Crippen LogP contribution in [0.5, 0.6) is 0 Å². The molecule has 5 aromatic rings. The Morgan fingerprint density at radius 3 is 2.74 bits per heavy atom. The van der Waals surface area contributed by atoms with E-state index in [2.05, 4.69) is 46.6 Å². The van der Waals surface area contributed by atoms with Crippen molar-refractivity contribution >= 4 is 45.1 Å². The molecule has 0 unspecified atom stereocenters. The molecule has 0 radical (unpaired) electrons. The largest absolute Gasteiger partial charge is 0.354 e. The van der Waals surface area contributed by atoms with E-state index in [1.807, 2.05) is 55.6 Å². The number of rotatable bonds is 6. The summed E-state index contributed by atoms with van der Waals surface area (Å²) < 4.78 is 1.72. The standard InChI is InChI=1S/C33H33ClN6O2/c1-5-9-22-10-7-8-11-28(22)40-29-17-23(31-20(3)12-13-27-25(31)18-35-37-27)26(34)16-24(29)32(36-33(40)42)39-15-14-38(19-21(39)4)30(41)6-2/h6-8,10-13,16-18,21H,2,5,9,14-15,19H2,1,3-4H3,(H,35,37)/t21-/m0/s1. The summed E-state index contributed by atoms with van der Waals surface area (Å²) in [5.41, 5.74) is 6.01. The predicted molar refractivity (Wildman–Crippen MR) is 170 cm³/mol. The molecule has 1 aliphatic heterocycles. The summed E-state index contributed by atoms with van der Waals surface area (Å²) in [7, 11) is 0. The van der Waals surface area contributed by atoms with Crippen LogP contribution in [0.1, 0.15) is 31.4 Å². The number of anilines is 1. The number of benzene rings is 3. The van der Waals surface area contributed by atoms with Gasteiger partial charge in [0.15, 0.2) is 0 Å². The molecule has 1 aliphatic rings. The SMILES string of the molecule is C=CC(=O)N1CCN(c2nc(=O)n(-c3ccccc3CCC)c3cc(-c4c(C)ccc5[nH]ncc45)c(Cl)cc23)[C@@H](C)C1.